The number of benzene rings is 2. The van der Waals surface area contributed by atoms with Gasteiger partial charge in [0.2, 0.25) is 0 Å². The van der Waals surface area contributed by atoms with Crippen LogP contribution in [0, 0.1) is 12.8 Å². The SMILES string of the molecule is Cc1ccc(C(=NOC(=O)Nc2cccc(Cl)c2)C(C)C)cc1. The molecule has 23 heavy (non-hydrogen) atoms. The summed E-state index contributed by atoms with van der Waals surface area (Å²) in [6.45, 7) is 6.01. The second-order valence-corrected chi connectivity index (χ2v) is 5.95. The molecule has 2 rings (SSSR count). The van der Waals surface area contributed by atoms with Crippen LogP contribution < -0.4 is 5.32 Å². The highest BCUT2D eigenvalue weighted by molar-refractivity contribution is 6.30. The van der Waals surface area contributed by atoms with Crippen LogP contribution >= 0.6 is 11.6 Å². The molecule has 4 nitrogen and oxygen atoms in total. The van der Waals surface area contributed by atoms with Crippen molar-refractivity contribution in [3.05, 3.63) is 64.7 Å². The minimum Gasteiger partial charge on any atom is -0.297 e. The maximum absolute atomic E-state index is 11.9. The normalized spacial score (nSPS) is 11.4. The first kappa shape index (κ1) is 17.0. The van der Waals surface area contributed by atoms with Crippen LogP contribution in [-0.2, 0) is 4.84 Å². The van der Waals surface area contributed by atoms with Crippen molar-refractivity contribution in [3.8, 4) is 0 Å². The fraction of sp³-hybridized carbons (Fsp3) is 0.222. The van der Waals surface area contributed by atoms with Crippen molar-refractivity contribution >= 4 is 29.1 Å². The van der Waals surface area contributed by atoms with Gasteiger partial charge in [-0.3, -0.25) is 10.2 Å². The molecule has 0 saturated carbocycles. The van der Waals surface area contributed by atoms with Gasteiger partial charge in [0, 0.05) is 10.7 Å². The van der Waals surface area contributed by atoms with Gasteiger partial charge >= 0.3 is 6.09 Å². The number of carbonyl (C=O) groups excluding carboxylic acids is 1. The summed E-state index contributed by atoms with van der Waals surface area (Å²) in [7, 11) is 0. The molecule has 0 fully saturated rings. The molecule has 0 unspecified atom stereocenters. The van der Waals surface area contributed by atoms with Crippen LogP contribution in [0.15, 0.2) is 53.7 Å². The van der Waals surface area contributed by atoms with Gasteiger partial charge in [-0.2, -0.15) is 0 Å². The summed E-state index contributed by atoms with van der Waals surface area (Å²) in [6.07, 6.45) is -0.655. The zero-order valence-electron chi connectivity index (χ0n) is 13.3. The molecule has 0 atom stereocenters. The van der Waals surface area contributed by atoms with Crippen molar-refractivity contribution in [2.75, 3.05) is 5.32 Å². The quantitative estimate of drug-likeness (QED) is 0.472. The minimum absolute atomic E-state index is 0.122. The van der Waals surface area contributed by atoms with Gasteiger partial charge in [-0.05, 0) is 36.6 Å². The van der Waals surface area contributed by atoms with E-state index in [-0.39, 0.29) is 5.92 Å². The van der Waals surface area contributed by atoms with Crippen LogP contribution in [0.1, 0.15) is 25.0 Å². The third-order valence-corrected chi connectivity index (χ3v) is 3.43. The second-order valence-electron chi connectivity index (χ2n) is 5.51. The van der Waals surface area contributed by atoms with E-state index in [1.165, 1.54) is 0 Å². The lowest BCUT2D eigenvalue weighted by Gasteiger charge is -2.10. The van der Waals surface area contributed by atoms with Crippen molar-refractivity contribution in [3.63, 3.8) is 0 Å². The first-order valence-corrected chi connectivity index (χ1v) is 7.72. The second kappa shape index (κ2) is 7.79. The number of aryl methyl sites for hydroxylation is 1. The van der Waals surface area contributed by atoms with E-state index in [1.54, 1.807) is 24.3 Å². The Labute approximate surface area is 141 Å². The van der Waals surface area contributed by atoms with E-state index in [0.29, 0.717) is 16.4 Å². The molecule has 0 aromatic heterocycles. The van der Waals surface area contributed by atoms with Crippen LogP contribution in [-0.4, -0.2) is 11.8 Å². The van der Waals surface area contributed by atoms with Crippen LogP contribution in [0.2, 0.25) is 5.02 Å². The molecule has 0 bridgehead atoms. The lowest BCUT2D eigenvalue weighted by atomic mass is 9.99. The topological polar surface area (TPSA) is 50.7 Å². The fourth-order valence-corrected chi connectivity index (χ4v) is 2.20. The van der Waals surface area contributed by atoms with E-state index in [0.717, 1.165) is 11.1 Å². The Hall–Kier alpha value is -2.33. The minimum atomic E-state index is -0.655. The van der Waals surface area contributed by atoms with E-state index >= 15 is 0 Å². The van der Waals surface area contributed by atoms with Gasteiger partial charge in [0.1, 0.15) is 0 Å². The maximum Gasteiger partial charge on any atom is 0.437 e. The summed E-state index contributed by atoms with van der Waals surface area (Å²) in [5, 5.41) is 7.13. The Morgan fingerprint density at radius 1 is 1.17 bits per heavy atom. The van der Waals surface area contributed by atoms with E-state index < -0.39 is 6.09 Å². The molecule has 1 amide bonds. The Bertz CT molecular complexity index is 709. The average Bonchev–Trinajstić information content (AvgIpc) is 2.49. The summed E-state index contributed by atoms with van der Waals surface area (Å²) < 4.78 is 0. The van der Waals surface area contributed by atoms with Crippen LogP contribution in [0.4, 0.5) is 10.5 Å². The summed E-state index contributed by atoms with van der Waals surface area (Å²) in [6, 6.07) is 14.8. The van der Waals surface area contributed by atoms with Gasteiger partial charge in [-0.25, -0.2) is 4.79 Å². The lowest BCUT2D eigenvalue weighted by molar-refractivity contribution is 0.166. The van der Waals surface area contributed by atoms with Gasteiger partial charge in [0.05, 0.1) is 5.71 Å². The first-order valence-electron chi connectivity index (χ1n) is 7.34. The van der Waals surface area contributed by atoms with E-state index in [4.69, 9.17) is 16.4 Å². The Morgan fingerprint density at radius 3 is 2.48 bits per heavy atom. The Morgan fingerprint density at radius 2 is 1.87 bits per heavy atom. The number of nitrogens with one attached hydrogen (secondary N) is 1. The molecular formula is C18H19ClN2O2. The molecule has 120 valence electrons. The third kappa shape index (κ3) is 5.11. The zero-order valence-corrected chi connectivity index (χ0v) is 14.1. The molecule has 2 aromatic carbocycles. The molecular weight excluding hydrogens is 312 g/mol. The number of oxime groups is 1. The predicted octanol–water partition coefficient (Wildman–Crippen LogP) is 5.26. The molecule has 0 aliphatic rings. The molecule has 0 aliphatic carbocycles. The van der Waals surface area contributed by atoms with Crippen molar-refractivity contribution < 1.29 is 9.63 Å². The number of amides is 1. The van der Waals surface area contributed by atoms with Gasteiger partial charge in [-0.1, -0.05) is 66.5 Å². The zero-order chi connectivity index (χ0) is 16.8. The van der Waals surface area contributed by atoms with Gasteiger partial charge in [0.25, 0.3) is 0 Å². The van der Waals surface area contributed by atoms with Crippen molar-refractivity contribution in [1.29, 1.82) is 0 Å². The van der Waals surface area contributed by atoms with Crippen molar-refractivity contribution in [2.24, 2.45) is 11.1 Å². The number of hydrogen-bond donors (Lipinski definition) is 1. The largest absolute Gasteiger partial charge is 0.437 e. The summed E-state index contributed by atoms with van der Waals surface area (Å²) in [5.74, 6) is 0.122. The van der Waals surface area contributed by atoms with Crippen molar-refractivity contribution in [2.45, 2.75) is 20.8 Å². The standard InChI is InChI=1S/C18H19ClN2O2/c1-12(2)17(14-9-7-13(3)8-10-14)21-23-18(22)20-16-6-4-5-15(19)11-16/h4-12H,1-3H3,(H,20,22). The molecule has 0 spiro atoms. The number of rotatable bonds is 4. The number of nitrogens with zero attached hydrogens (tertiary/aromatic N) is 1. The highest BCUT2D eigenvalue weighted by atomic mass is 35.5. The highest BCUT2D eigenvalue weighted by Crippen LogP contribution is 2.15. The molecule has 0 aliphatic heterocycles. The van der Waals surface area contributed by atoms with Crippen LogP contribution in [0.3, 0.4) is 0 Å². The smallest absolute Gasteiger partial charge is 0.297 e. The molecule has 0 saturated heterocycles. The average molecular weight is 331 g/mol. The first-order chi connectivity index (χ1) is 11.0. The number of anilines is 1. The van der Waals surface area contributed by atoms with E-state index in [9.17, 15) is 4.79 Å². The predicted molar refractivity (Wildman–Crippen MR) is 94.1 cm³/mol. The molecule has 1 N–H and O–H groups in total. The molecule has 0 heterocycles. The Kier molecular flexibility index (Phi) is 5.77. The summed E-state index contributed by atoms with van der Waals surface area (Å²) >= 11 is 5.87. The van der Waals surface area contributed by atoms with Gasteiger partial charge < -0.3 is 0 Å². The lowest BCUT2D eigenvalue weighted by Crippen LogP contribution is -2.15. The van der Waals surface area contributed by atoms with E-state index in [2.05, 4.69) is 10.5 Å². The van der Waals surface area contributed by atoms with Gasteiger partial charge in [-0.15, -0.1) is 0 Å². The third-order valence-electron chi connectivity index (χ3n) is 3.19. The van der Waals surface area contributed by atoms with Gasteiger partial charge in [0.15, 0.2) is 0 Å². The monoisotopic (exact) mass is 330 g/mol. The number of carbonyl (C=O) groups is 1. The van der Waals surface area contributed by atoms with Crippen LogP contribution in [0.5, 0.6) is 0 Å². The summed E-state index contributed by atoms with van der Waals surface area (Å²) in [5.41, 5.74) is 3.36. The molecule has 2 aromatic rings. The maximum atomic E-state index is 11.9. The summed E-state index contributed by atoms with van der Waals surface area (Å²) in [4.78, 5) is 16.8. The van der Waals surface area contributed by atoms with Crippen molar-refractivity contribution in [1.82, 2.24) is 0 Å². The molecule has 5 heteroatoms. The number of halogens is 1. The fourth-order valence-electron chi connectivity index (χ4n) is 2.01. The van der Waals surface area contributed by atoms with E-state index in [1.807, 2.05) is 45.0 Å². The van der Waals surface area contributed by atoms with Crippen LogP contribution in [0.25, 0.3) is 0 Å². The highest BCUT2D eigenvalue weighted by Gasteiger charge is 2.11. The Balaban J connectivity index is 2.08. The molecule has 0 radical (unpaired) electrons. The number of hydrogen-bond acceptors (Lipinski definition) is 3.